The summed E-state index contributed by atoms with van der Waals surface area (Å²) in [5, 5.41) is 6.39. The number of halogens is 1. The van der Waals surface area contributed by atoms with Crippen molar-refractivity contribution in [3.8, 4) is 11.5 Å². The van der Waals surface area contributed by atoms with E-state index in [2.05, 4.69) is 10.5 Å². The van der Waals surface area contributed by atoms with Crippen LogP contribution in [-0.4, -0.2) is 24.7 Å². The zero-order chi connectivity index (χ0) is 23.0. The SMILES string of the molecule is O=C(COc1ccc(Cl)cc1)N/N=C/c1c(OC(=O)c2ccccc2)ccc2ccccc12. The second-order valence-corrected chi connectivity index (χ2v) is 7.43. The van der Waals surface area contributed by atoms with Crippen LogP contribution in [0.1, 0.15) is 15.9 Å². The van der Waals surface area contributed by atoms with Crippen molar-refractivity contribution in [2.75, 3.05) is 6.61 Å². The Balaban J connectivity index is 1.49. The molecule has 1 N–H and O–H groups in total. The van der Waals surface area contributed by atoms with Gasteiger partial charge in [-0.25, -0.2) is 10.2 Å². The molecule has 0 aliphatic heterocycles. The number of ether oxygens (including phenoxy) is 2. The molecule has 0 aliphatic carbocycles. The van der Waals surface area contributed by atoms with E-state index in [1.165, 1.54) is 6.21 Å². The maximum Gasteiger partial charge on any atom is 0.343 e. The molecule has 0 saturated carbocycles. The van der Waals surface area contributed by atoms with Crippen molar-refractivity contribution in [2.45, 2.75) is 0 Å². The minimum Gasteiger partial charge on any atom is -0.484 e. The van der Waals surface area contributed by atoms with E-state index in [1.807, 2.05) is 36.4 Å². The molecule has 0 unspecified atom stereocenters. The van der Waals surface area contributed by atoms with Crippen LogP contribution in [0, 0.1) is 0 Å². The molecule has 6 nitrogen and oxygen atoms in total. The van der Waals surface area contributed by atoms with Crippen LogP contribution in [0.15, 0.2) is 96.1 Å². The number of rotatable bonds is 7. The first-order valence-electron chi connectivity index (χ1n) is 10.1. The molecule has 0 saturated heterocycles. The molecule has 0 aromatic heterocycles. The molecule has 0 spiro atoms. The summed E-state index contributed by atoms with van der Waals surface area (Å²) in [6.45, 7) is -0.218. The van der Waals surface area contributed by atoms with E-state index in [9.17, 15) is 9.59 Å². The molecule has 33 heavy (non-hydrogen) atoms. The first kappa shape index (κ1) is 22.0. The van der Waals surface area contributed by atoms with Crippen molar-refractivity contribution in [3.05, 3.63) is 107 Å². The summed E-state index contributed by atoms with van der Waals surface area (Å²) in [6, 6.07) is 26.6. The number of carbonyl (C=O) groups excluding carboxylic acids is 2. The fourth-order valence-corrected chi connectivity index (χ4v) is 3.24. The highest BCUT2D eigenvalue weighted by Crippen LogP contribution is 2.27. The van der Waals surface area contributed by atoms with Gasteiger partial charge >= 0.3 is 5.97 Å². The third-order valence-electron chi connectivity index (χ3n) is 4.71. The number of benzene rings is 4. The Morgan fingerprint density at radius 2 is 1.61 bits per heavy atom. The Morgan fingerprint density at radius 3 is 2.39 bits per heavy atom. The van der Waals surface area contributed by atoms with Crippen molar-refractivity contribution >= 4 is 40.5 Å². The van der Waals surface area contributed by atoms with Crippen molar-refractivity contribution in [3.63, 3.8) is 0 Å². The fraction of sp³-hybridized carbons (Fsp3) is 0.0385. The molecule has 0 atom stereocenters. The number of fused-ring (bicyclic) bond motifs is 1. The summed E-state index contributed by atoms with van der Waals surface area (Å²) in [5.74, 6) is -0.0779. The summed E-state index contributed by atoms with van der Waals surface area (Å²) in [5.41, 5.74) is 3.43. The molecule has 4 aromatic carbocycles. The van der Waals surface area contributed by atoms with Gasteiger partial charge in [0.2, 0.25) is 0 Å². The van der Waals surface area contributed by atoms with E-state index in [1.54, 1.807) is 54.6 Å². The molecule has 4 aromatic rings. The smallest absolute Gasteiger partial charge is 0.343 e. The lowest BCUT2D eigenvalue weighted by Crippen LogP contribution is -2.24. The van der Waals surface area contributed by atoms with Gasteiger partial charge in [-0.15, -0.1) is 0 Å². The normalized spacial score (nSPS) is 10.8. The fourth-order valence-electron chi connectivity index (χ4n) is 3.11. The van der Waals surface area contributed by atoms with E-state index in [4.69, 9.17) is 21.1 Å². The third-order valence-corrected chi connectivity index (χ3v) is 4.96. The van der Waals surface area contributed by atoms with E-state index in [0.29, 0.717) is 27.6 Å². The number of carbonyl (C=O) groups is 2. The Morgan fingerprint density at radius 1 is 0.879 bits per heavy atom. The Labute approximate surface area is 195 Å². The molecule has 4 rings (SSSR count). The summed E-state index contributed by atoms with van der Waals surface area (Å²) in [7, 11) is 0. The largest absolute Gasteiger partial charge is 0.484 e. The zero-order valence-electron chi connectivity index (χ0n) is 17.4. The molecule has 0 heterocycles. The molecular formula is C26H19ClN2O4. The Hall–Kier alpha value is -4.16. The van der Waals surface area contributed by atoms with Crippen molar-refractivity contribution in [2.24, 2.45) is 5.10 Å². The van der Waals surface area contributed by atoms with Crippen LogP contribution < -0.4 is 14.9 Å². The number of hydrogen-bond donors (Lipinski definition) is 1. The van der Waals surface area contributed by atoms with Crippen LogP contribution >= 0.6 is 11.6 Å². The van der Waals surface area contributed by atoms with Crippen LogP contribution in [0.5, 0.6) is 11.5 Å². The van der Waals surface area contributed by atoms with E-state index >= 15 is 0 Å². The highest BCUT2D eigenvalue weighted by Gasteiger charge is 2.13. The van der Waals surface area contributed by atoms with E-state index in [0.717, 1.165) is 10.8 Å². The second kappa shape index (κ2) is 10.4. The molecule has 0 aliphatic rings. The molecule has 0 fully saturated rings. The Kier molecular flexibility index (Phi) is 6.97. The lowest BCUT2D eigenvalue weighted by Gasteiger charge is -2.10. The van der Waals surface area contributed by atoms with Crippen molar-refractivity contribution in [1.29, 1.82) is 0 Å². The minimum absolute atomic E-state index is 0.218. The predicted octanol–water partition coefficient (Wildman–Crippen LogP) is 5.24. The van der Waals surface area contributed by atoms with Crippen LogP contribution in [0.3, 0.4) is 0 Å². The number of esters is 1. The van der Waals surface area contributed by atoms with Crippen molar-refractivity contribution < 1.29 is 19.1 Å². The maximum atomic E-state index is 12.6. The quantitative estimate of drug-likeness (QED) is 0.178. The zero-order valence-corrected chi connectivity index (χ0v) is 18.2. The average molecular weight is 459 g/mol. The van der Waals surface area contributed by atoms with Gasteiger partial charge in [-0.2, -0.15) is 5.10 Å². The van der Waals surface area contributed by atoms with Crippen LogP contribution in [0.25, 0.3) is 10.8 Å². The summed E-state index contributed by atoms with van der Waals surface area (Å²) >= 11 is 5.84. The molecule has 0 radical (unpaired) electrons. The average Bonchev–Trinajstić information content (AvgIpc) is 2.85. The summed E-state index contributed by atoms with van der Waals surface area (Å²) < 4.78 is 11.0. The molecule has 7 heteroatoms. The summed E-state index contributed by atoms with van der Waals surface area (Å²) in [6.07, 6.45) is 1.45. The number of hydrogen-bond acceptors (Lipinski definition) is 5. The van der Waals surface area contributed by atoms with Crippen LogP contribution in [0.2, 0.25) is 5.02 Å². The highest BCUT2D eigenvalue weighted by atomic mass is 35.5. The molecule has 164 valence electrons. The van der Waals surface area contributed by atoms with Gasteiger partial charge < -0.3 is 9.47 Å². The number of amides is 1. The van der Waals surface area contributed by atoms with Gasteiger partial charge in [0.15, 0.2) is 6.61 Å². The van der Waals surface area contributed by atoms with E-state index < -0.39 is 11.9 Å². The monoisotopic (exact) mass is 458 g/mol. The topological polar surface area (TPSA) is 77.0 Å². The second-order valence-electron chi connectivity index (χ2n) is 6.99. The molecule has 0 bridgehead atoms. The van der Waals surface area contributed by atoms with Gasteiger partial charge in [0.05, 0.1) is 11.8 Å². The third kappa shape index (κ3) is 5.75. The van der Waals surface area contributed by atoms with Crippen LogP contribution in [0.4, 0.5) is 0 Å². The maximum absolute atomic E-state index is 12.6. The van der Waals surface area contributed by atoms with Gasteiger partial charge in [0.1, 0.15) is 11.5 Å². The Bertz CT molecular complexity index is 1310. The molecular weight excluding hydrogens is 440 g/mol. The molecule has 1 amide bonds. The van der Waals surface area contributed by atoms with Gasteiger partial charge in [-0.05, 0) is 53.2 Å². The first-order valence-corrected chi connectivity index (χ1v) is 10.5. The van der Waals surface area contributed by atoms with Crippen molar-refractivity contribution in [1.82, 2.24) is 5.43 Å². The first-order chi connectivity index (χ1) is 16.1. The number of nitrogens with zero attached hydrogens (tertiary/aromatic N) is 1. The van der Waals surface area contributed by atoms with Gasteiger partial charge in [0.25, 0.3) is 5.91 Å². The van der Waals surface area contributed by atoms with Crippen LogP contribution in [-0.2, 0) is 4.79 Å². The minimum atomic E-state index is -0.485. The van der Waals surface area contributed by atoms with E-state index in [-0.39, 0.29) is 6.61 Å². The van der Waals surface area contributed by atoms with Gasteiger partial charge in [0, 0.05) is 10.6 Å². The van der Waals surface area contributed by atoms with Gasteiger partial charge in [-0.3, -0.25) is 4.79 Å². The summed E-state index contributed by atoms with van der Waals surface area (Å²) in [4.78, 5) is 24.7. The standard InChI is InChI=1S/C26H19ClN2O4/c27-20-11-13-21(14-12-20)32-17-25(30)29-28-16-23-22-9-5-4-6-18(22)10-15-24(23)33-26(31)19-7-2-1-3-8-19/h1-16H,17H2,(H,29,30)/b28-16+. The lowest BCUT2D eigenvalue weighted by atomic mass is 10.0. The van der Waals surface area contributed by atoms with Gasteiger partial charge in [-0.1, -0.05) is 60.1 Å². The number of nitrogens with one attached hydrogen (secondary N) is 1. The highest BCUT2D eigenvalue weighted by molar-refractivity contribution is 6.30. The predicted molar refractivity (Wildman–Crippen MR) is 128 cm³/mol. The lowest BCUT2D eigenvalue weighted by molar-refractivity contribution is -0.123. The number of hydrazone groups is 1.